The molecule has 0 aromatic heterocycles. The minimum absolute atomic E-state index is 0.0385. The molecule has 0 radical (unpaired) electrons. The van der Waals surface area contributed by atoms with Gasteiger partial charge in [0.15, 0.2) is 0 Å². The number of carbonyl (C=O) groups excluding carboxylic acids is 1. The molecule has 2 rings (SSSR count). The second-order valence-electron chi connectivity index (χ2n) is 4.46. The Labute approximate surface area is 120 Å². The van der Waals surface area contributed by atoms with Gasteiger partial charge in [-0.05, 0) is 52.9 Å². The second kappa shape index (κ2) is 5.77. The van der Waals surface area contributed by atoms with Gasteiger partial charge in [-0.3, -0.25) is 4.79 Å². The van der Waals surface area contributed by atoms with Crippen molar-refractivity contribution < 1.29 is 4.79 Å². The van der Waals surface area contributed by atoms with Crippen LogP contribution in [-0.4, -0.2) is 23.9 Å². The molecule has 0 saturated heterocycles. The van der Waals surface area contributed by atoms with Crippen molar-refractivity contribution >= 4 is 33.4 Å². The van der Waals surface area contributed by atoms with Crippen LogP contribution in [-0.2, 0) is 0 Å². The lowest BCUT2D eigenvalue weighted by Crippen LogP contribution is -2.33. The van der Waals surface area contributed by atoms with Gasteiger partial charge in [0.05, 0.1) is 12.1 Å². The van der Waals surface area contributed by atoms with E-state index in [1.54, 1.807) is 23.1 Å². The summed E-state index contributed by atoms with van der Waals surface area (Å²) in [5, 5.41) is 0.601. The molecule has 0 bridgehead atoms. The topological polar surface area (TPSA) is 20.3 Å². The summed E-state index contributed by atoms with van der Waals surface area (Å²) in [5.74, 6) is 3.13. The van der Waals surface area contributed by atoms with Gasteiger partial charge in [0.1, 0.15) is 0 Å². The maximum absolute atomic E-state index is 12.4. The Morgan fingerprint density at radius 3 is 2.83 bits per heavy atom. The standard InChI is InChI=1S/C14H13BrClNO/c1-2-7-17(9-10-3-4-10)14(18)12-6-5-11(16)8-13(12)15/h1,5-6,8,10H,3-4,7,9H2. The van der Waals surface area contributed by atoms with Gasteiger partial charge < -0.3 is 4.90 Å². The first kappa shape index (κ1) is 13.5. The molecule has 94 valence electrons. The number of halogens is 2. The molecule has 0 heterocycles. The SMILES string of the molecule is C#CCN(CC1CC1)C(=O)c1ccc(Cl)cc1Br. The van der Waals surface area contributed by atoms with Crippen LogP contribution in [0, 0.1) is 18.3 Å². The number of hydrogen-bond donors (Lipinski definition) is 0. The van der Waals surface area contributed by atoms with Crippen molar-refractivity contribution in [3.05, 3.63) is 33.3 Å². The first-order valence-corrected chi connectivity index (χ1v) is 6.96. The molecule has 0 atom stereocenters. The average Bonchev–Trinajstić information content (AvgIpc) is 3.11. The molecule has 0 spiro atoms. The van der Waals surface area contributed by atoms with Crippen molar-refractivity contribution in [2.24, 2.45) is 5.92 Å². The largest absolute Gasteiger partial charge is 0.327 e. The van der Waals surface area contributed by atoms with E-state index in [4.69, 9.17) is 18.0 Å². The summed E-state index contributed by atoms with van der Waals surface area (Å²) in [5.41, 5.74) is 0.607. The van der Waals surface area contributed by atoms with E-state index < -0.39 is 0 Å². The van der Waals surface area contributed by atoms with E-state index in [1.165, 1.54) is 12.8 Å². The monoisotopic (exact) mass is 325 g/mol. The lowest BCUT2D eigenvalue weighted by Gasteiger charge is -2.20. The fourth-order valence-corrected chi connectivity index (χ4v) is 2.63. The first-order chi connectivity index (χ1) is 8.61. The highest BCUT2D eigenvalue weighted by Crippen LogP contribution is 2.31. The Bertz CT molecular complexity index is 505. The Morgan fingerprint density at radius 1 is 1.56 bits per heavy atom. The minimum atomic E-state index is -0.0385. The maximum atomic E-state index is 12.4. The van der Waals surface area contributed by atoms with E-state index in [0.717, 1.165) is 6.54 Å². The lowest BCUT2D eigenvalue weighted by molar-refractivity contribution is 0.0769. The first-order valence-electron chi connectivity index (χ1n) is 5.79. The van der Waals surface area contributed by atoms with Gasteiger partial charge >= 0.3 is 0 Å². The van der Waals surface area contributed by atoms with E-state index >= 15 is 0 Å². The Kier molecular flexibility index (Phi) is 4.31. The molecule has 0 N–H and O–H groups in total. The van der Waals surface area contributed by atoms with E-state index in [0.29, 0.717) is 27.5 Å². The molecule has 1 fully saturated rings. The molecule has 1 amide bonds. The van der Waals surface area contributed by atoms with Gasteiger partial charge in [0.2, 0.25) is 0 Å². The fourth-order valence-electron chi connectivity index (χ4n) is 1.77. The van der Waals surface area contributed by atoms with Gasteiger partial charge in [-0.25, -0.2) is 0 Å². The summed E-state index contributed by atoms with van der Waals surface area (Å²) >= 11 is 9.23. The Morgan fingerprint density at radius 2 is 2.28 bits per heavy atom. The summed E-state index contributed by atoms with van der Waals surface area (Å²) in [6, 6.07) is 5.16. The van der Waals surface area contributed by atoms with Crippen LogP contribution in [0.5, 0.6) is 0 Å². The van der Waals surface area contributed by atoms with Crippen molar-refractivity contribution in [2.45, 2.75) is 12.8 Å². The van der Waals surface area contributed by atoms with Crippen LogP contribution in [0.1, 0.15) is 23.2 Å². The summed E-state index contributed by atoms with van der Waals surface area (Å²) in [6.45, 7) is 1.10. The average molecular weight is 327 g/mol. The van der Waals surface area contributed by atoms with Crippen molar-refractivity contribution in [1.82, 2.24) is 4.90 Å². The van der Waals surface area contributed by atoms with Crippen molar-refractivity contribution in [3.8, 4) is 12.3 Å². The van der Waals surface area contributed by atoms with Gasteiger partial charge in [-0.2, -0.15) is 0 Å². The fraction of sp³-hybridized carbons (Fsp3) is 0.357. The normalized spacial score (nSPS) is 14.1. The molecule has 18 heavy (non-hydrogen) atoms. The van der Waals surface area contributed by atoms with Crippen LogP contribution in [0.3, 0.4) is 0 Å². The quantitative estimate of drug-likeness (QED) is 0.774. The number of nitrogens with zero attached hydrogens (tertiary/aromatic N) is 1. The molecule has 1 aliphatic rings. The molecule has 1 aromatic rings. The van der Waals surface area contributed by atoms with E-state index in [-0.39, 0.29) is 5.91 Å². The number of carbonyl (C=O) groups is 1. The number of hydrogen-bond acceptors (Lipinski definition) is 1. The smallest absolute Gasteiger partial charge is 0.255 e. The Hall–Kier alpha value is -0.980. The van der Waals surface area contributed by atoms with E-state index in [1.807, 2.05) is 0 Å². The highest BCUT2D eigenvalue weighted by atomic mass is 79.9. The predicted molar refractivity (Wildman–Crippen MR) is 76.6 cm³/mol. The van der Waals surface area contributed by atoms with Gasteiger partial charge in [0.25, 0.3) is 5.91 Å². The molecule has 0 aliphatic heterocycles. The third kappa shape index (κ3) is 3.28. The molecular weight excluding hydrogens is 314 g/mol. The zero-order valence-corrected chi connectivity index (χ0v) is 12.2. The molecule has 1 aliphatic carbocycles. The van der Waals surface area contributed by atoms with Crippen LogP contribution in [0.4, 0.5) is 0 Å². The highest BCUT2D eigenvalue weighted by molar-refractivity contribution is 9.10. The second-order valence-corrected chi connectivity index (χ2v) is 5.75. The third-order valence-electron chi connectivity index (χ3n) is 2.91. The zero-order chi connectivity index (χ0) is 13.1. The molecule has 2 nitrogen and oxygen atoms in total. The minimum Gasteiger partial charge on any atom is -0.327 e. The van der Waals surface area contributed by atoms with Crippen LogP contribution in [0.25, 0.3) is 0 Å². The molecule has 1 aromatic carbocycles. The number of terminal acetylenes is 1. The molecule has 4 heteroatoms. The van der Waals surface area contributed by atoms with E-state index in [9.17, 15) is 4.79 Å². The van der Waals surface area contributed by atoms with Gasteiger partial charge in [0, 0.05) is 16.0 Å². The summed E-state index contributed by atoms with van der Waals surface area (Å²) in [7, 11) is 0. The Balaban J connectivity index is 2.18. The molecule has 0 unspecified atom stereocenters. The van der Waals surface area contributed by atoms with E-state index in [2.05, 4.69) is 21.9 Å². The van der Waals surface area contributed by atoms with Crippen LogP contribution in [0.15, 0.2) is 22.7 Å². The summed E-state index contributed by atoms with van der Waals surface area (Å²) in [4.78, 5) is 14.1. The molecular formula is C14H13BrClNO. The number of benzene rings is 1. The van der Waals surface area contributed by atoms with Crippen LogP contribution in [0.2, 0.25) is 5.02 Å². The number of rotatable bonds is 4. The van der Waals surface area contributed by atoms with Gasteiger partial charge in [-0.15, -0.1) is 6.42 Å². The van der Waals surface area contributed by atoms with Crippen LogP contribution < -0.4 is 0 Å². The van der Waals surface area contributed by atoms with Crippen molar-refractivity contribution in [3.63, 3.8) is 0 Å². The predicted octanol–water partition coefficient (Wildman–Crippen LogP) is 3.59. The maximum Gasteiger partial charge on any atom is 0.255 e. The van der Waals surface area contributed by atoms with Crippen molar-refractivity contribution in [1.29, 1.82) is 0 Å². The lowest BCUT2D eigenvalue weighted by atomic mass is 10.2. The zero-order valence-electron chi connectivity index (χ0n) is 9.83. The number of amides is 1. The van der Waals surface area contributed by atoms with Gasteiger partial charge in [-0.1, -0.05) is 17.5 Å². The molecule has 1 saturated carbocycles. The third-order valence-corrected chi connectivity index (χ3v) is 3.80. The highest BCUT2D eigenvalue weighted by Gasteiger charge is 2.27. The summed E-state index contributed by atoms with van der Waals surface area (Å²) < 4.78 is 0.706. The van der Waals surface area contributed by atoms with Crippen LogP contribution >= 0.6 is 27.5 Å². The summed E-state index contributed by atoms with van der Waals surface area (Å²) in [6.07, 6.45) is 7.71. The van der Waals surface area contributed by atoms with Crippen molar-refractivity contribution in [2.75, 3.05) is 13.1 Å².